The first kappa shape index (κ1) is 17.4. The van der Waals surface area contributed by atoms with Crippen LogP contribution in [0, 0.1) is 0 Å². The van der Waals surface area contributed by atoms with Crippen molar-refractivity contribution in [3.05, 3.63) is 0 Å². The topological polar surface area (TPSA) is 84.9 Å². The van der Waals surface area contributed by atoms with Crippen LogP contribution in [-0.2, 0) is 23.9 Å². The van der Waals surface area contributed by atoms with Crippen LogP contribution in [0.4, 0.5) is 0 Å². The van der Waals surface area contributed by atoms with E-state index in [1.807, 2.05) is 4.90 Å². The summed E-state index contributed by atoms with van der Waals surface area (Å²) in [5.74, 6) is -0.731. The molecule has 0 bridgehead atoms. The summed E-state index contributed by atoms with van der Waals surface area (Å²) in [5, 5.41) is 2.74. The number of carbonyl (C=O) groups excluding carboxylic acids is 3. The minimum Gasteiger partial charge on any atom is -0.469 e. The third kappa shape index (κ3) is 7.65. The van der Waals surface area contributed by atoms with Crippen molar-refractivity contribution in [2.45, 2.75) is 38.6 Å². The summed E-state index contributed by atoms with van der Waals surface area (Å²) in [6.45, 7) is 2.85. The van der Waals surface area contributed by atoms with Gasteiger partial charge in [-0.05, 0) is 26.2 Å². The number of rotatable bonds is 10. The summed E-state index contributed by atoms with van der Waals surface area (Å²) in [6.07, 6.45) is 2.84. The molecule has 7 nitrogen and oxygen atoms in total. The van der Waals surface area contributed by atoms with Crippen molar-refractivity contribution in [2.24, 2.45) is 0 Å². The third-order valence-corrected chi connectivity index (χ3v) is 3.16. The number of amides is 1. The highest BCUT2D eigenvalue weighted by molar-refractivity contribution is 5.79. The minimum atomic E-state index is -0.303. The molecule has 0 atom stereocenters. The lowest BCUT2D eigenvalue weighted by Crippen LogP contribution is -2.41. The van der Waals surface area contributed by atoms with Crippen LogP contribution in [0.25, 0.3) is 0 Å². The molecule has 0 aromatic rings. The average molecular weight is 300 g/mol. The lowest BCUT2D eigenvalue weighted by molar-refractivity contribution is -0.145. The number of nitrogens with one attached hydrogen (secondary N) is 1. The van der Waals surface area contributed by atoms with Crippen LogP contribution in [-0.4, -0.2) is 62.1 Å². The number of methoxy groups -OCH3 is 1. The summed E-state index contributed by atoms with van der Waals surface area (Å²) in [5.41, 5.74) is 0. The largest absolute Gasteiger partial charge is 0.469 e. The number of esters is 2. The highest BCUT2D eigenvalue weighted by atomic mass is 16.5. The zero-order chi connectivity index (χ0) is 15.7. The molecule has 1 aliphatic carbocycles. The fourth-order valence-corrected chi connectivity index (χ4v) is 1.93. The maximum Gasteiger partial charge on any atom is 0.320 e. The van der Waals surface area contributed by atoms with Gasteiger partial charge >= 0.3 is 11.9 Å². The molecule has 0 aromatic carbocycles. The molecule has 1 rings (SSSR count). The van der Waals surface area contributed by atoms with Crippen LogP contribution in [0.5, 0.6) is 0 Å². The van der Waals surface area contributed by atoms with Crippen LogP contribution in [0.15, 0.2) is 0 Å². The maximum atomic E-state index is 11.8. The van der Waals surface area contributed by atoms with Crippen LogP contribution < -0.4 is 5.32 Å². The van der Waals surface area contributed by atoms with Gasteiger partial charge in [-0.3, -0.25) is 19.3 Å². The predicted molar refractivity (Wildman–Crippen MR) is 75.5 cm³/mol. The molecule has 0 unspecified atom stereocenters. The lowest BCUT2D eigenvalue weighted by Gasteiger charge is -2.20. The van der Waals surface area contributed by atoms with Crippen LogP contribution >= 0.6 is 0 Å². The predicted octanol–water partition coefficient (Wildman–Crippen LogP) is 0.0833. The highest BCUT2D eigenvalue weighted by Crippen LogP contribution is 2.26. The van der Waals surface area contributed by atoms with Gasteiger partial charge in [-0.25, -0.2) is 0 Å². The van der Waals surface area contributed by atoms with Crippen molar-refractivity contribution in [1.29, 1.82) is 0 Å². The fourth-order valence-electron chi connectivity index (χ4n) is 1.93. The van der Waals surface area contributed by atoms with Gasteiger partial charge in [0.15, 0.2) is 0 Å². The van der Waals surface area contributed by atoms with Gasteiger partial charge in [-0.15, -0.1) is 0 Å². The van der Waals surface area contributed by atoms with Gasteiger partial charge in [-0.2, -0.15) is 0 Å². The standard InChI is InChI=1S/C14H24N2O5/c1-3-21-14(19)10-16(11-6-7-11)9-12(17)15-8-4-5-13(18)20-2/h11H,3-10H2,1-2H3,(H,15,17). The maximum absolute atomic E-state index is 11.8. The number of hydrogen-bond acceptors (Lipinski definition) is 6. The van der Waals surface area contributed by atoms with Crippen LogP contribution in [0.2, 0.25) is 0 Å². The molecule has 0 spiro atoms. The first-order valence-corrected chi connectivity index (χ1v) is 7.30. The molecule has 0 saturated heterocycles. The van der Waals surface area contributed by atoms with Crippen molar-refractivity contribution in [2.75, 3.05) is 33.4 Å². The second kappa shape index (κ2) is 9.33. The fraction of sp³-hybridized carbons (Fsp3) is 0.786. The van der Waals surface area contributed by atoms with E-state index in [9.17, 15) is 14.4 Å². The Morgan fingerprint density at radius 3 is 2.48 bits per heavy atom. The minimum absolute atomic E-state index is 0.143. The Labute approximate surface area is 124 Å². The quantitative estimate of drug-likeness (QED) is 0.454. The van der Waals surface area contributed by atoms with E-state index in [0.29, 0.717) is 25.6 Å². The van der Waals surface area contributed by atoms with Gasteiger partial charge in [0.05, 0.1) is 26.8 Å². The average Bonchev–Trinajstić information content (AvgIpc) is 3.27. The van der Waals surface area contributed by atoms with E-state index < -0.39 is 0 Å². The van der Waals surface area contributed by atoms with E-state index in [0.717, 1.165) is 12.8 Å². The SMILES string of the molecule is CCOC(=O)CN(CC(=O)NCCCC(=O)OC)C1CC1. The summed E-state index contributed by atoms with van der Waals surface area (Å²) in [7, 11) is 1.34. The molecule has 1 amide bonds. The Morgan fingerprint density at radius 2 is 1.90 bits per heavy atom. The molecule has 21 heavy (non-hydrogen) atoms. The van der Waals surface area contributed by atoms with Gasteiger partial charge in [-0.1, -0.05) is 0 Å². The second-order valence-corrected chi connectivity index (χ2v) is 4.97. The first-order valence-electron chi connectivity index (χ1n) is 7.30. The Kier molecular flexibility index (Phi) is 7.74. The molecule has 0 aliphatic heterocycles. The van der Waals surface area contributed by atoms with Gasteiger partial charge in [0.25, 0.3) is 0 Å². The number of ether oxygens (including phenoxy) is 2. The number of carbonyl (C=O) groups is 3. The summed E-state index contributed by atoms with van der Waals surface area (Å²) >= 11 is 0. The second-order valence-electron chi connectivity index (χ2n) is 4.97. The molecule has 0 aromatic heterocycles. The van der Waals surface area contributed by atoms with Crippen molar-refractivity contribution in [3.8, 4) is 0 Å². The van der Waals surface area contributed by atoms with Gasteiger partial charge in [0, 0.05) is 19.0 Å². The zero-order valence-electron chi connectivity index (χ0n) is 12.7. The smallest absolute Gasteiger partial charge is 0.320 e. The summed E-state index contributed by atoms with van der Waals surface area (Å²) in [6, 6.07) is 0.301. The van der Waals surface area contributed by atoms with Crippen molar-refractivity contribution < 1.29 is 23.9 Å². The number of hydrogen-bond donors (Lipinski definition) is 1. The van der Waals surface area contributed by atoms with Gasteiger partial charge in [0.1, 0.15) is 0 Å². The van der Waals surface area contributed by atoms with Crippen LogP contribution in [0.3, 0.4) is 0 Å². The normalized spacial score (nSPS) is 13.9. The third-order valence-electron chi connectivity index (χ3n) is 3.16. The van der Waals surface area contributed by atoms with E-state index >= 15 is 0 Å². The van der Waals surface area contributed by atoms with Crippen molar-refractivity contribution in [3.63, 3.8) is 0 Å². The molecule has 120 valence electrons. The van der Waals surface area contributed by atoms with Gasteiger partial charge < -0.3 is 14.8 Å². The van der Waals surface area contributed by atoms with E-state index in [1.165, 1.54) is 7.11 Å². The molecule has 7 heteroatoms. The van der Waals surface area contributed by atoms with E-state index in [2.05, 4.69) is 10.1 Å². The molecule has 1 N–H and O–H groups in total. The van der Waals surface area contributed by atoms with Gasteiger partial charge in [0.2, 0.25) is 5.91 Å². The molecule has 1 fully saturated rings. The molecule has 0 heterocycles. The molecule has 1 saturated carbocycles. The Hall–Kier alpha value is -1.63. The Balaban J connectivity index is 2.23. The Bertz CT molecular complexity index is 368. The molecular weight excluding hydrogens is 276 g/mol. The van der Waals surface area contributed by atoms with Crippen molar-refractivity contribution >= 4 is 17.8 Å². The Morgan fingerprint density at radius 1 is 1.19 bits per heavy atom. The van der Waals surface area contributed by atoms with E-state index in [1.54, 1.807) is 6.92 Å². The molecule has 0 radical (unpaired) electrons. The summed E-state index contributed by atoms with van der Waals surface area (Å²) in [4.78, 5) is 36.1. The monoisotopic (exact) mass is 300 g/mol. The first-order chi connectivity index (χ1) is 10.1. The van der Waals surface area contributed by atoms with Crippen LogP contribution in [0.1, 0.15) is 32.6 Å². The number of nitrogens with zero attached hydrogens (tertiary/aromatic N) is 1. The van der Waals surface area contributed by atoms with E-state index in [-0.39, 0.29) is 37.4 Å². The molecular formula is C14H24N2O5. The molecule has 1 aliphatic rings. The van der Waals surface area contributed by atoms with E-state index in [4.69, 9.17) is 4.74 Å². The zero-order valence-corrected chi connectivity index (χ0v) is 12.7. The summed E-state index contributed by atoms with van der Waals surface area (Å²) < 4.78 is 9.42. The lowest BCUT2D eigenvalue weighted by atomic mass is 10.3. The van der Waals surface area contributed by atoms with Crippen molar-refractivity contribution in [1.82, 2.24) is 10.2 Å². The highest BCUT2D eigenvalue weighted by Gasteiger charge is 2.31.